The number of ether oxygens (including phenoxy) is 2. The van der Waals surface area contributed by atoms with Crippen LogP contribution in [-0.2, 0) is 9.59 Å². The second-order valence-electron chi connectivity index (χ2n) is 11.3. The maximum absolute atomic E-state index is 14.0. The lowest BCUT2D eigenvalue weighted by molar-refractivity contribution is -0.122. The quantitative estimate of drug-likeness (QED) is 0.151. The lowest BCUT2D eigenvalue weighted by atomic mass is 9.96. The van der Waals surface area contributed by atoms with Gasteiger partial charge in [0, 0.05) is 17.7 Å². The van der Waals surface area contributed by atoms with Crippen molar-refractivity contribution in [1.29, 1.82) is 0 Å². The van der Waals surface area contributed by atoms with Gasteiger partial charge in [0.2, 0.25) is 5.91 Å². The van der Waals surface area contributed by atoms with Gasteiger partial charge in [-0.1, -0.05) is 17.7 Å². The van der Waals surface area contributed by atoms with Crippen LogP contribution in [0, 0.1) is 6.92 Å². The lowest BCUT2D eigenvalue weighted by Crippen LogP contribution is -2.46. The van der Waals surface area contributed by atoms with Crippen LogP contribution in [0.5, 0.6) is 11.5 Å². The molecule has 1 aliphatic carbocycles. The Morgan fingerprint density at radius 1 is 1.00 bits per heavy atom. The predicted molar refractivity (Wildman–Crippen MR) is 172 cm³/mol. The number of carbonyl (C=O) groups is 3. The highest BCUT2D eigenvalue weighted by atomic mass is 32.1. The molecule has 2 aliphatic rings. The van der Waals surface area contributed by atoms with E-state index in [-0.39, 0.29) is 18.2 Å². The fourth-order valence-electron chi connectivity index (χ4n) is 5.97. The van der Waals surface area contributed by atoms with Crippen molar-refractivity contribution in [2.75, 3.05) is 25.7 Å². The van der Waals surface area contributed by atoms with E-state index in [1.165, 1.54) is 36.7 Å². The van der Waals surface area contributed by atoms with E-state index in [0.29, 0.717) is 35.7 Å². The number of nitrogens with zero attached hydrogens (tertiary/aromatic N) is 3. The van der Waals surface area contributed by atoms with Crippen molar-refractivity contribution in [2.24, 2.45) is 0 Å². The van der Waals surface area contributed by atoms with Gasteiger partial charge in [0.1, 0.15) is 11.0 Å². The Labute approximate surface area is 260 Å². The Hall–Kier alpha value is -4.50. The van der Waals surface area contributed by atoms with Crippen LogP contribution >= 0.6 is 11.3 Å². The molecule has 0 N–H and O–H groups in total. The van der Waals surface area contributed by atoms with Gasteiger partial charge >= 0.3 is 0 Å². The van der Waals surface area contributed by atoms with Gasteiger partial charge in [-0.2, -0.15) is 0 Å². The van der Waals surface area contributed by atoms with Crippen molar-refractivity contribution in [3.8, 4) is 22.1 Å². The SMILES string of the molecule is COc1ccc(C(=O)N(CCC2=CCCCC2)C2CC(=O)N(c3ccc(-c4nc5ccc(C)cc5s4)cc3)C2=O)cc1OC. The van der Waals surface area contributed by atoms with Crippen LogP contribution in [-0.4, -0.2) is 54.4 Å². The molecule has 226 valence electrons. The molecule has 3 amide bonds. The minimum atomic E-state index is -0.903. The third-order valence-corrected chi connectivity index (χ3v) is 9.43. The first-order valence-corrected chi connectivity index (χ1v) is 15.7. The van der Waals surface area contributed by atoms with Crippen LogP contribution in [0.4, 0.5) is 5.69 Å². The number of aryl methyl sites for hydroxylation is 1. The summed E-state index contributed by atoms with van der Waals surface area (Å²) in [6, 6.07) is 17.6. The molecule has 1 aliphatic heterocycles. The van der Waals surface area contributed by atoms with Crippen molar-refractivity contribution in [1.82, 2.24) is 9.88 Å². The van der Waals surface area contributed by atoms with Crippen LogP contribution in [0.2, 0.25) is 0 Å². The number of benzene rings is 3. The highest BCUT2D eigenvalue weighted by molar-refractivity contribution is 7.21. The van der Waals surface area contributed by atoms with Crippen molar-refractivity contribution in [3.63, 3.8) is 0 Å². The number of aromatic nitrogens is 1. The molecule has 4 aromatic rings. The van der Waals surface area contributed by atoms with E-state index in [1.807, 2.05) is 24.3 Å². The zero-order chi connectivity index (χ0) is 30.8. The molecule has 0 bridgehead atoms. The van der Waals surface area contributed by atoms with E-state index in [2.05, 4.69) is 19.1 Å². The normalized spacial score (nSPS) is 16.8. The molecule has 8 nitrogen and oxygen atoms in total. The number of amides is 3. The molecule has 1 unspecified atom stereocenters. The molecule has 1 atom stereocenters. The highest BCUT2D eigenvalue weighted by Gasteiger charge is 2.44. The number of carbonyl (C=O) groups excluding carboxylic acids is 3. The molecule has 3 aromatic carbocycles. The summed E-state index contributed by atoms with van der Waals surface area (Å²) in [5, 5.41) is 0.873. The Bertz CT molecular complexity index is 1760. The number of allylic oxidation sites excluding steroid dienone is 1. The average Bonchev–Trinajstić information content (AvgIpc) is 3.60. The van der Waals surface area contributed by atoms with E-state index < -0.39 is 11.9 Å². The van der Waals surface area contributed by atoms with Gasteiger partial charge in [0.25, 0.3) is 11.8 Å². The third-order valence-electron chi connectivity index (χ3n) is 8.37. The summed E-state index contributed by atoms with van der Waals surface area (Å²) in [4.78, 5) is 48.8. The van der Waals surface area contributed by atoms with Gasteiger partial charge in [0.15, 0.2) is 11.5 Å². The van der Waals surface area contributed by atoms with Gasteiger partial charge in [-0.15, -0.1) is 11.3 Å². The fourth-order valence-corrected chi connectivity index (χ4v) is 7.04. The van der Waals surface area contributed by atoms with E-state index in [1.54, 1.807) is 46.6 Å². The third kappa shape index (κ3) is 5.84. The Balaban J connectivity index is 1.26. The molecule has 0 radical (unpaired) electrons. The first-order valence-electron chi connectivity index (χ1n) is 14.9. The number of hydrogen-bond acceptors (Lipinski definition) is 7. The van der Waals surface area contributed by atoms with Gasteiger partial charge in [0.05, 0.1) is 36.5 Å². The first kappa shape index (κ1) is 29.6. The van der Waals surface area contributed by atoms with Gasteiger partial charge in [-0.25, -0.2) is 9.88 Å². The van der Waals surface area contributed by atoms with E-state index in [9.17, 15) is 14.4 Å². The number of thiazole rings is 1. The molecule has 44 heavy (non-hydrogen) atoms. The molecule has 0 saturated carbocycles. The topological polar surface area (TPSA) is 89.0 Å². The van der Waals surface area contributed by atoms with Crippen LogP contribution < -0.4 is 14.4 Å². The minimum Gasteiger partial charge on any atom is -0.493 e. The standard InChI is InChI=1S/C35H35N3O5S/c1-22-9-15-27-31(19-22)44-33(36-27)24-10-13-26(14-11-24)38-32(39)21-28(35(38)41)37(18-17-23-7-5-4-6-8-23)34(40)25-12-16-29(42-2)30(20-25)43-3/h7,9-16,19-20,28H,4-6,8,17-18,21H2,1-3H3. The summed E-state index contributed by atoms with van der Waals surface area (Å²) in [5.41, 5.74) is 5.17. The van der Waals surface area contributed by atoms with Crippen molar-refractivity contribution in [2.45, 2.75) is 51.5 Å². The van der Waals surface area contributed by atoms with E-state index >= 15 is 0 Å². The Morgan fingerprint density at radius 2 is 1.80 bits per heavy atom. The summed E-state index contributed by atoms with van der Waals surface area (Å²) in [6.45, 7) is 2.40. The Morgan fingerprint density at radius 3 is 2.52 bits per heavy atom. The molecular weight excluding hydrogens is 574 g/mol. The number of imide groups is 1. The number of methoxy groups -OCH3 is 2. The van der Waals surface area contributed by atoms with Crippen LogP contribution in [0.15, 0.2) is 72.3 Å². The van der Waals surface area contributed by atoms with Gasteiger partial charge in [-0.05, 0) is 99.2 Å². The highest BCUT2D eigenvalue weighted by Crippen LogP contribution is 2.34. The predicted octanol–water partition coefficient (Wildman–Crippen LogP) is 6.95. The minimum absolute atomic E-state index is 0.0735. The summed E-state index contributed by atoms with van der Waals surface area (Å²) < 4.78 is 11.9. The second kappa shape index (κ2) is 12.6. The number of anilines is 1. The average molecular weight is 610 g/mol. The van der Waals surface area contributed by atoms with Crippen LogP contribution in [0.25, 0.3) is 20.8 Å². The zero-order valence-electron chi connectivity index (χ0n) is 25.2. The fraction of sp³-hybridized carbons (Fsp3) is 0.314. The van der Waals surface area contributed by atoms with Crippen molar-refractivity contribution in [3.05, 3.63) is 83.4 Å². The van der Waals surface area contributed by atoms with E-state index in [0.717, 1.165) is 40.1 Å². The smallest absolute Gasteiger partial charge is 0.257 e. The molecular formula is C35H35N3O5S. The summed E-state index contributed by atoms with van der Waals surface area (Å²) in [5.74, 6) is -0.121. The van der Waals surface area contributed by atoms with Crippen molar-refractivity contribution >= 4 is 45.0 Å². The molecule has 1 aromatic heterocycles. The number of rotatable bonds is 9. The lowest BCUT2D eigenvalue weighted by Gasteiger charge is -2.29. The van der Waals surface area contributed by atoms with Crippen LogP contribution in [0.3, 0.4) is 0 Å². The van der Waals surface area contributed by atoms with Crippen molar-refractivity contribution < 1.29 is 23.9 Å². The maximum atomic E-state index is 14.0. The summed E-state index contributed by atoms with van der Waals surface area (Å²) >= 11 is 1.61. The van der Waals surface area contributed by atoms with Gasteiger partial charge in [-0.3, -0.25) is 14.4 Å². The maximum Gasteiger partial charge on any atom is 0.257 e. The molecule has 1 saturated heterocycles. The molecule has 0 spiro atoms. The largest absolute Gasteiger partial charge is 0.493 e. The zero-order valence-corrected chi connectivity index (χ0v) is 26.0. The molecule has 2 heterocycles. The molecule has 1 fully saturated rings. The van der Waals surface area contributed by atoms with Gasteiger partial charge < -0.3 is 14.4 Å². The molecule has 6 rings (SSSR count). The summed E-state index contributed by atoms with van der Waals surface area (Å²) in [6.07, 6.45) is 7.13. The Kier molecular flexibility index (Phi) is 8.48. The molecule has 9 heteroatoms. The number of fused-ring (bicyclic) bond motifs is 1. The monoisotopic (exact) mass is 609 g/mol. The van der Waals surface area contributed by atoms with Crippen LogP contribution in [0.1, 0.15) is 54.4 Å². The second-order valence-corrected chi connectivity index (χ2v) is 12.3. The summed E-state index contributed by atoms with van der Waals surface area (Å²) in [7, 11) is 3.05. The number of hydrogen-bond donors (Lipinski definition) is 0. The first-order chi connectivity index (χ1) is 21.4. The van der Waals surface area contributed by atoms with E-state index in [4.69, 9.17) is 14.5 Å².